The topological polar surface area (TPSA) is 34.1 Å². The molecule has 2 nitrogen and oxygen atoms in total. The van der Waals surface area contributed by atoms with Gasteiger partial charge in [-0.2, -0.15) is 0 Å². The zero-order valence-corrected chi connectivity index (χ0v) is 14.6. The summed E-state index contributed by atoms with van der Waals surface area (Å²) in [5, 5.41) is 0. The van der Waals surface area contributed by atoms with E-state index in [1.807, 2.05) is 27.7 Å². The number of ketones is 2. The van der Waals surface area contributed by atoms with Crippen molar-refractivity contribution in [2.75, 3.05) is 0 Å². The van der Waals surface area contributed by atoms with Crippen LogP contribution in [0.4, 0.5) is 0 Å². The van der Waals surface area contributed by atoms with Crippen molar-refractivity contribution in [1.82, 2.24) is 0 Å². The maximum absolute atomic E-state index is 11.9. The number of alkyl halides is 1. The Labute approximate surface area is 120 Å². The highest BCUT2D eigenvalue weighted by molar-refractivity contribution is 9.10. The van der Waals surface area contributed by atoms with Gasteiger partial charge in [0.1, 0.15) is 11.6 Å². The van der Waals surface area contributed by atoms with E-state index in [4.69, 9.17) is 0 Å². The van der Waals surface area contributed by atoms with E-state index < -0.39 is 5.41 Å². The Morgan fingerprint density at radius 2 is 1.39 bits per heavy atom. The first-order valence-electron chi connectivity index (χ1n) is 6.44. The van der Waals surface area contributed by atoms with E-state index >= 15 is 0 Å². The lowest BCUT2D eigenvalue weighted by Gasteiger charge is -2.43. The predicted octanol–water partition coefficient (Wildman–Crippen LogP) is 4.40. The summed E-state index contributed by atoms with van der Waals surface area (Å²) in [5.41, 5.74) is -0.654. The van der Waals surface area contributed by atoms with Gasteiger partial charge in [0.25, 0.3) is 0 Å². The highest BCUT2D eigenvalue weighted by Gasteiger charge is 2.45. The highest BCUT2D eigenvalue weighted by Crippen LogP contribution is 2.47. The van der Waals surface area contributed by atoms with E-state index in [2.05, 4.69) is 29.8 Å². The van der Waals surface area contributed by atoms with Crippen molar-refractivity contribution in [3.05, 3.63) is 0 Å². The largest absolute Gasteiger partial charge is 0.300 e. The van der Waals surface area contributed by atoms with Crippen LogP contribution in [-0.4, -0.2) is 15.9 Å². The quantitative estimate of drug-likeness (QED) is 0.680. The maximum atomic E-state index is 11.9. The van der Waals surface area contributed by atoms with Crippen LogP contribution in [0.25, 0.3) is 0 Å². The first-order chi connectivity index (χ1) is 7.73. The number of rotatable bonds is 6. The molecule has 0 rings (SSSR count). The monoisotopic (exact) mass is 318 g/mol. The summed E-state index contributed by atoms with van der Waals surface area (Å²) < 4.78 is -0.247. The van der Waals surface area contributed by atoms with Gasteiger partial charge in [-0.25, -0.2) is 0 Å². The lowest BCUT2D eigenvalue weighted by atomic mass is 9.61. The Morgan fingerprint density at radius 1 is 1.00 bits per heavy atom. The first kappa shape index (κ1) is 17.8. The van der Waals surface area contributed by atoms with Crippen LogP contribution in [-0.2, 0) is 9.59 Å². The molecule has 0 saturated heterocycles. The number of hydrogen-bond acceptors (Lipinski definition) is 2. The Kier molecular flexibility index (Phi) is 5.38. The fourth-order valence-corrected chi connectivity index (χ4v) is 2.60. The molecule has 0 heterocycles. The average Bonchev–Trinajstić information content (AvgIpc) is 2.11. The van der Waals surface area contributed by atoms with Crippen LogP contribution >= 0.6 is 15.9 Å². The molecule has 0 aliphatic carbocycles. The Hall–Kier alpha value is -0.180. The van der Waals surface area contributed by atoms with E-state index in [1.165, 1.54) is 0 Å². The molecule has 18 heavy (non-hydrogen) atoms. The minimum Gasteiger partial charge on any atom is -0.300 e. The van der Waals surface area contributed by atoms with Gasteiger partial charge in [0.05, 0.1) is 0 Å². The van der Waals surface area contributed by atoms with E-state index in [0.717, 1.165) is 0 Å². The molecule has 0 fully saturated rings. The van der Waals surface area contributed by atoms with Gasteiger partial charge >= 0.3 is 0 Å². The predicted molar refractivity (Wildman–Crippen MR) is 80.0 cm³/mol. The van der Waals surface area contributed by atoms with Crippen molar-refractivity contribution in [2.24, 2.45) is 16.7 Å². The Bertz CT molecular complexity index is 335. The van der Waals surface area contributed by atoms with Crippen molar-refractivity contribution in [3.63, 3.8) is 0 Å². The average molecular weight is 319 g/mol. The van der Waals surface area contributed by atoms with E-state index in [0.29, 0.717) is 6.42 Å². The zero-order chi connectivity index (χ0) is 14.9. The van der Waals surface area contributed by atoms with Gasteiger partial charge < -0.3 is 0 Å². The Balaban J connectivity index is 5.29. The summed E-state index contributed by atoms with van der Waals surface area (Å²) in [7, 11) is 0. The summed E-state index contributed by atoms with van der Waals surface area (Å²) in [6.45, 7) is 15.4. The molecule has 3 heteroatoms. The van der Waals surface area contributed by atoms with Gasteiger partial charge in [0.2, 0.25) is 0 Å². The van der Waals surface area contributed by atoms with Gasteiger partial charge in [-0.1, -0.05) is 43.6 Å². The molecule has 0 aromatic rings. The van der Waals surface area contributed by atoms with Gasteiger partial charge in [0.15, 0.2) is 0 Å². The molecule has 0 saturated carbocycles. The lowest BCUT2D eigenvalue weighted by molar-refractivity contribution is -0.134. The number of halogens is 1. The second-order valence-electron chi connectivity index (χ2n) is 7.00. The third kappa shape index (κ3) is 3.91. The molecule has 1 atom stereocenters. The molecule has 0 amide bonds. The minimum absolute atomic E-state index is 0.0916. The standard InChI is InChI=1S/C15H27BrO2/c1-10(17)12(15(7,8)16)9-13(3,4)14(5,6)11(2)18/h12H,9H2,1-8H3. The fraction of sp³-hybridized carbons (Fsp3) is 0.867. The second-order valence-corrected chi connectivity index (χ2v) is 9.04. The third-order valence-electron chi connectivity index (χ3n) is 4.61. The third-order valence-corrected chi connectivity index (χ3v) is 5.16. The molecule has 0 aromatic heterocycles. The van der Waals surface area contributed by atoms with Crippen LogP contribution < -0.4 is 0 Å². The molecule has 0 bridgehead atoms. The van der Waals surface area contributed by atoms with Crippen LogP contribution in [0.3, 0.4) is 0 Å². The molecule has 0 spiro atoms. The summed E-state index contributed by atoms with van der Waals surface area (Å²) in [4.78, 5) is 23.7. The molecule has 0 aliphatic heterocycles. The van der Waals surface area contributed by atoms with Crippen molar-refractivity contribution < 1.29 is 9.59 Å². The van der Waals surface area contributed by atoms with Crippen molar-refractivity contribution in [3.8, 4) is 0 Å². The van der Waals surface area contributed by atoms with Crippen LogP contribution in [0.5, 0.6) is 0 Å². The normalized spacial score (nSPS) is 15.4. The number of carbonyl (C=O) groups is 2. The SMILES string of the molecule is CC(=O)C(CC(C)(C)C(C)(C)C(C)=O)C(C)(C)Br. The van der Waals surface area contributed by atoms with Crippen LogP contribution in [0.1, 0.15) is 61.8 Å². The molecular weight excluding hydrogens is 292 g/mol. The van der Waals surface area contributed by atoms with Crippen LogP contribution in [0, 0.1) is 16.7 Å². The van der Waals surface area contributed by atoms with Crippen molar-refractivity contribution in [1.29, 1.82) is 0 Å². The van der Waals surface area contributed by atoms with Gasteiger partial charge in [-0.05, 0) is 39.5 Å². The highest BCUT2D eigenvalue weighted by atomic mass is 79.9. The summed E-state index contributed by atoms with van der Waals surface area (Å²) in [6, 6.07) is 0. The first-order valence-corrected chi connectivity index (χ1v) is 7.23. The van der Waals surface area contributed by atoms with Crippen LogP contribution in [0.2, 0.25) is 0 Å². The van der Waals surface area contributed by atoms with Gasteiger partial charge in [-0.3, -0.25) is 9.59 Å². The Morgan fingerprint density at radius 3 is 1.61 bits per heavy atom. The summed E-state index contributed by atoms with van der Waals surface area (Å²) in [5.74, 6) is 0.248. The van der Waals surface area contributed by atoms with Crippen molar-refractivity contribution >= 4 is 27.5 Å². The number of Topliss-reactive ketones (excluding diaryl/α,β-unsaturated/α-hetero) is 2. The smallest absolute Gasteiger partial charge is 0.135 e. The summed E-state index contributed by atoms with van der Waals surface area (Å²) >= 11 is 3.60. The minimum atomic E-state index is -0.432. The molecule has 0 aliphatic rings. The number of hydrogen-bond donors (Lipinski definition) is 0. The fourth-order valence-electron chi connectivity index (χ4n) is 2.11. The van der Waals surface area contributed by atoms with E-state index in [1.54, 1.807) is 13.8 Å². The van der Waals surface area contributed by atoms with Crippen LogP contribution in [0.15, 0.2) is 0 Å². The van der Waals surface area contributed by atoms with Crippen molar-refractivity contribution in [2.45, 2.75) is 66.1 Å². The molecule has 106 valence electrons. The van der Waals surface area contributed by atoms with E-state index in [-0.39, 0.29) is 27.2 Å². The van der Waals surface area contributed by atoms with Gasteiger partial charge in [0, 0.05) is 15.7 Å². The second kappa shape index (κ2) is 5.44. The lowest BCUT2D eigenvalue weighted by Crippen LogP contribution is -2.43. The van der Waals surface area contributed by atoms with Gasteiger partial charge in [-0.15, -0.1) is 0 Å². The number of carbonyl (C=O) groups excluding carboxylic acids is 2. The molecule has 0 aromatic carbocycles. The molecule has 0 N–H and O–H groups in total. The van der Waals surface area contributed by atoms with E-state index in [9.17, 15) is 9.59 Å². The molecule has 0 radical (unpaired) electrons. The maximum Gasteiger partial charge on any atom is 0.135 e. The summed E-state index contributed by atoms with van der Waals surface area (Å²) in [6.07, 6.45) is 0.702. The zero-order valence-electron chi connectivity index (χ0n) is 13.0. The molecular formula is C15H27BrO2. The molecule has 1 unspecified atom stereocenters.